The van der Waals surface area contributed by atoms with E-state index >= 15 is 0 Å². The molecule has 2 heterocycles. The molecule has 6 nitrogen and oxygen atoms in total. The van der Waals surface area contributed by atoms with Crippen molar-refractivity contribution >= 4 is 28.2 Å². The fourth-order valence-electron chi connectivity index (χ4n) is 2.70. The average molecular weight is 417 g/mol. The van der Waals surface area contributed by atoms with Gasteiger partial charge in [-0.3, -0.25) is 4.79 Å². The van der Waals surface area contributed by atoms with Gasteiger partial charge in [0.2, 0.25) is 0 Å². The second-order valence-corrected chi connectivity index (χ2v) is 7.34. The first kappa shape index (κ1) is 19.6. The van der Waals surface area contributed by atoms with Crippen LogP contribution in [0.25, 0.3) is 0 Å². The monoisotopic (exact) mass is 416 g/mol. The third kappa shape index (κ3) is 5.42. The van der Waals surface area contributed by atoms with Gasteiger partial charge in [-0.05, 0) is 35.4 Å². The number of carbonyl (C=O) groups excluding carboxylic acids is 1. The number of amides is 1. The Morgan fingerprint density at radius 3 is 2.50 bits per heavy atom. The van der Waals surface area contributed by atoms with Gasteiger partial charge < -0.3 is 15.4 Å². The van der Waals surface area contributed by atoms with Gasteiger partial charge in [0.25, 0.3) is 5.91 Å². The lowest BCUT2D eigenvalue weighted by atomic mass is 10.2. The van der Waals surface area contributed by atoms with Crippen LogP contribution >= 0.6 is 11.3 Å². The van der Waals surface area contributed by atoms with Gasteiger partial charge in [-0.2, -0.15) is 0 Å². The summed E-state index contributed by atoms with van der Waals surface area (Å²) in [6, 6.07) is 23.3. The summed E-state index contributed by atoms with van der Waals surface area (Å²) in [6.45, 7) is 0.938. The van der Waals surface area contributed by atoms with Gasteiger partial charge in [0.15, 0.2) is 5.13 Å². The van der Waals surface area contributed by atoms with E-state index in [0.29, 0.717) is 29.8 Å². The number of hydrogen-bond donors (Lipinski definition) is 2. The van der Waals surface area contributed by atoms with Crippen molar-refractivity contribution in [2.75, 3.05) is 5.32 Å². The molecule has 2 aromatic carbocycles. The summed E-state index contributed by atoms with van der Waals surface area (Å²) in [5.41, 5.74) is 2.48. The van der Waals surface area contributed by atoms with E-state index in [9.17, 15) is 4.79 Å². The molecule has 0 aliphatic heterocycles. The highest BCUT2D eigenvalue weighted by atomic mass is 32.1. The number of rotatable bonds is 8. The van der Waals surface area contributed by atoms with Crippen LogP contribution in [0.2, 0.25) is 0 Å². The Morgan fingerprint density at radius 1 is 0.933 bits per heavy atom. The summed E-state index contributed by atoms with van der Waals surface area (Å²) >= 11 is 1.36. The summed E-state index contributed by atoms with van der Waals surface area (Å²) in [5, 5.41) is 8.32. The highest BCUT2D eigenvalue weighted by molar-refractivity contribution is 7.14. The third-order valence-corrected chi connectivity index (χ3v) is 5.02. The molecular formula is C23H20N4O2S. The van der Waals surface area contributed by atoms with E-state index in [0.717, 1.165) is 16.9 Å². The van der Waals surface area contributed by atoms with Gasteiger partial charge in [-0.15, -0.1) is 11.3 Å². The van der Waals surface area contributed by atoms with Crippen molar-refractivity contribution in [1.82, 2.24) is 15.3 Å². The Kier molecular flexibility index (Phi) is 6.31. The van der Waals surface area contributed by atoms with Crippen molar-refractivity contribution in [3.05, 3.63) is 101 Å². The summed E-state index contributed by atoms with van der Waals surface area (Å²) in [7, 11) is 0. The normalized spacial score (nSPS) is 10.4. The smallest absolute Gasteiger partial charge is 0.271 e. The van der Waals surface area contributed by atoms with Gasteiger partial charge in [-0.1, -0.05) is 48.5 Å². The van der Waals surface area contributed by atoms with Crippen molar-refractivity contribution in [1.29, 1.82) is 0 Å². The number of hydrogen-bond acceptors (Lipinski definition) is 6. The standard InChI is InChI=1S/C23H20N4O2S/c28-22(20-16-30-23(26-20)27-21-8-4-5-13-24-21)25-14-17-9-11-19(12-10-17)29-15-18-6-2-1-3-7-18/h1-13,16H,14-15H2,(H,25,28)(H,24,26,27). The first-order valence-electron chi connectivity index (χ1n) is 9.44. The average Bonchev–Trinajstić information content (AvgIpc) is 3.27. The maximum absolute atomic E-state index is 12.4. The summed E-state index contributed by atoms with van der Waals surface area (Å²) in [5.74, 6) is 1.26. The molecule has 4 rings (SSSR count). The molecule has 2 N–H and O–H groups in total. The summed E-state index contributed by atoms with van der Waals surface area (Å²) in [6.07, 6.45) is 1.70. The zero-order chi connectivity index (χ0) is 20.6. The summed E-state index contributed by atoms with van der Waals surface area (Å²) < 4.78 is 5.79. The number of ether oxygens (including phenoxy) is 1. The molecule has 0 atom stereocenters. The molecule has 0 bridgehead atoms. The third-order valence-electron chi connectivity index (χ3n) is 4.26. The second kappa shape index (κ2) is 9.67. The maximum atomic E-state index is 12.4. The first-order valence-corrected chi connectivity index (χ1v) is 10.3. The van der Waals surface area contributed by atoms with E-state index in [4.69, 9.17) is 4.74 Å². The van der Waals surface area contributed by atoms with Crippen molar-refractivity contribution in [2.24, 2.45) is 0 Å². The first-order chi connectivity index (χ1) is 14.8. The largest absolute Gasteiger partial charge is 0.489 e. The van der Waals surface area contributed by atoms with Crippen LogP contribution in [-0.2, 0) is 13.2 Å². The number of nitrogens with one attached hydrogen (secondary N) is 2. The van der Waals surface area contributed by atoms with Crippen LogP contribution in [-0.4, -0.2) is 15.9 Å². The SMILES string of the molecule is O=C(NCc1ccc(OCc2ccccc2)cc1)c1csc(Nc2ccccn2)n1. The zero-order valence-electron chi connectivity index (χ0n) is 16.1. The van der Waals surface area contributed by atoms with E-state index in [2.05, 4.69) is 20.6 Å². The van der Waals surface area contributed by atoms with Crippen molar-refractivity contribution in [3.8, 4) is 5.75 Å². The molecule has 2 aromatic heterocycles. The minimum Gasteiger partial charge on any atom is -0.489 e. The van der Waals surface area contributed by atoms with Gasteiger partial charge in [0.1, 0.15) is 23.9 Å². The Balaban J connectivity index is 1.26. The summed E-state index contributed by atoms with van der Waals surface area (Å²) in [4.78, 5) is 20.9. The van der Waals surface area contributed by atoms with Crippen LogP contribution in [0.5, 0.6) is 5.75 Å². The molecule has 4 aromatic rings. The Morgan fingerprint density at radius 2 is 1.73 bits per heavy atom. The maximum Gasteiger partial charge on any atom is 0.271 e. The van der Waals surface area contributed by atoms with Crippen LogP contribution in [0, 0.1) is 0 Å². The number of aromatic nitrogens is 2. The highest BCUT2D eigenvalue weighted by Gasteiger charge is 2.11. The minimum absolute atomic E-state index is 0.218. The van der Waals surface area contributed by atoms with Gasteiger partial charge in [-0.25, -0.2) is 9.97 Å². The molecule has 0 saturated carbocycles. The second-order valence-electron chi connectivity index (χ2n) is 6.48. The van der Waals surface area contributed by atoms with Crippen LogP contribution in [0.3, 0.4) is 0 Å². The molecule has 0 aliphatic carbocycles. The van der Waals surface area contributed by atoms with E-state index in [-0.39, 0.29) is 5.91 Å². The molecule has 0 unspecified atom stereocenters. The molecular weight excluding hydrogens is 396 g/mol. The lowest BCUT2D eigenvalue weighted by molar-refractivity contribution is 0.0946. The van der Waals surface area contributed by atoms with Crippen LogP contribution in [0.4, 0.5) is 10.9 Å². The fourth-order valence-corrected chi connectivity index (χ4v) is 3.40. The Hall–Kier alpha value is -3.71. The lowest BCUT2D eigenvalue weighted by Crippen LogP contribution is -2.23. The number of carbonyl (C=O) groups is 1. The van der Waals surface area contributed by atoms with Gasteiger partial charge >= 0.3 is 0 Å². The minimum atomic E-state index is -0.218. The molecule has 0 fully saturated rings. The van der Waals surface area contributed by atoms with E-state index in [1.165, 1.54) is 11.3 Å². The van der Waals surface area contributed by atoms with Crippen LogP contribution in [0.15, 0.2) is 84.4 Å². The predicted octanol–water partition coefficient (Wildman–Crippen LogP) is 4.79. The van der Waals surface area contributed by atoms with Crippen LogP contribution < -0.4 is 15.4 Å². The van der Waals surface area contributed by atoms with Gasteiger partial charge in [0.05, 0.1) is 0 Å². The highest BCUT2D eigenvalue weighted by Crippen LogP contribution is 2.19. The molecule has 0 aliphatic rings. The predicted molar refractivity (Wildman–Crippen MR) is 118 cm³/mol. The lowest BCUT2D eigenvalue weighted by Gasteiger charge is -2.08. The quantitative estimate of drug-likeness (QED) is 0.432. The van der Waals surface area contributed by atoms with E-state index < -0.39 is 0 Å². The Bertz CT molecular complexity index is 1080. The number of nitrogens with zero attached hydrogens (tertiary/aromatic N) is 2. The number of thiazole rings is 1. The fraction of sp³-hybridized carbons (Fsp3) is 0.0870. The number of benzene rings is 2. The molecule has 0 spiro atoms. The zero-order valence-corrected chi connectivity index (χ0v) is 16.9. The molecule has 1 amide bonds. The number of pyridine rings is 1. The van der Waals surface area contributed by atoms with Crippen molar-refractivity contribution < 1.29 is 9.53 Å². The van der Waals surface area contributed by atoms with Crippen molar-refractivity contribution in [3.63, 3.8) is 0 Å². The van der Waals surface area contributed by atoms with Crippen molar-refractivity contribution in [2.45, 2.75) is 13.2 Å². The molecule has 30 heavy (non-hydrogen) atoms. The molecule has 0 radical (unpaired) electrons. The van der Waals surface area contributed by atoms with E-state index in [1.807, 2.05) is 72.8 Å². The molecule has 150 valence electrons. The van der Waals surface area contributed by atoms with Gasteiger partial charge in [0, 0.05) is 18.1 Å². The number of anilines is 2. The topological polar surface area (TPSA) is 76.1 Å². The Labute approximate surface area is 178 Å². The van der Waals surface area contributed by atoms with Crippen LogP contribution in [0.1, 0.15) is 21.6 Å². The van der Waals surface area contributed by atoms with E-state index in [1.54, 1.807) is 11.6 Å². The molecule has 0 saturated heterocycles. The molecule has 7 heteroatoms.